The van der Waals surface area contributed by atoms with Gasteiger partial charge in [-0.05, 0) is 12.0 Å². The van der Waals surface area contributed by atoms with Crippen LogP contribution in [0.5, 0.6) is 0 Å². The summed E-state index contributed by atoms with van der Waals surface area (Å²) in [4.78, 5) is 4.08. The quantitative estimate of drug-likeness (QED) is 0.752. The molecule has 1 aliphatic heterocycles. The van der Waals surface area contributed by atoms with E-state index in [1.165, 1.54) is 5.56 Å². The molecular formula is C12H16N2O2. The standard InChI is InChI=1S/C12H16N2O2/c13-12-14-11(9-16-12)8-15-7-6-10-4-2-1-3-5-10/h1-5,11H,6-9H2,(H2,13,14)/t11-/m0/s1. The first-order chi connectivity index (χ1) is 7.84. The fraction of sp³-hybridized carbons (Fsp3) is 0.417. The van der Waals surface area contributed by atoms with Crippen molar-refractivity contribution in [2.45, 2.75) is 12.5 Å². The Labute approximate surface area is 95.1 Å². The molecule has 0 aliphatic carbocycles. The molecule has 1 heterocycles. The number of aliphatic imine (C=N–C) groups is 1. The van der Waals surface area contributed by atoms with Gasteiger partial charge in [0.15, 0.2) is 0 Å². The van der Waals surface area contributed by atoms with Crippen LogP contribution in [0.1, 0.15) is 5.56 Å². The van der Waals surface area contributed by atoms with E-state index in [0.717, 1.165) is 6.42 Å². The van der Waals surface area contributed by atoms with Gasteiger partial charge < -0.3 is 15.2 Å². The molecule has 86 valence electrons. The van der Waals surface area contributed by atoms with Crippen LogP contribution < -0.4 is 5.73 Å². The molecule has 2 rings (SSSR count). The normalized spacial score (nSPS) is 19.2. The van der Waals surface area contributed by atoms with Crippen LogP contribution in [-0.4, -0.2) is 31.9 Å². The van der Waals surface area contributed by atoms with E-state index >= 15 is 0 Å². The predicted octanol–water partition coefficient (Wildman–Crippen LogP) is 0.959. The molecule has 1 aromatic carbocycles. The molecule has 0 saturated carbocycles. The summed E-state index contributed by atoms with van der Waals surface area (Å²) >= 11 is 0. The molecule has 1 aliphatic rings. The molecule has 0 amide bonds. The fourth-order valence-corrected chi connectivity index (χ4v) is 1.58. The van der Waals surface area contributed by atoms with E-state index in [-0.39, 0.29) is 12.1 Å². The van der Waals surface area contributed by atoms with Gasteiger partial charge >= 0.3 is 0 Å². The van der Waals surface area contributed by atoms with E-state index in [2.05, 4.69) is 17.1 Å². The minimum absolute atomic E-state index is 0.0655. The Morgan fingerprint density at radius 3 is 2.88 bits per heavy atom. The Morgan fingerprint density at radius 2 is 2.19 bits per heavy atom. The number of nitrogens with two attached hydrogens (primary N) is 1. The maximum Gasteiger partial charge on any atom is 0.282 e. The van der Waals surface area contributed by atoms with Crippen LogP contribution in [0.25, 0.3) is 0 Å². The third-order valence-corrected chi connectivity index (χ3v) is 2.42. The average Bonchev–Trinajstić information content (AvgIpc) is 2.72. The number of amidine groups is 1. The third kappa shape index (κ3) is 3.24. The van der Waals surface area contributed by atoms with Gasteiger partial charge in [0.2, 0.25) is 0 Å². The van der Waals surface area contributed by atoms with Crippen LogP contribution in [0.15, 0.2) is 35.3 Å². The highest BCUT2D eigenvalue weighted by molar-refractivity contribution is 5.73. The van der Waals surface area contributed by atoms with Gasteiger partial charge in [-0.3, -0.25) is 0 Å². The van der Waals surface area contributed by atoms with Crippen molar-refractivity contribution >= 4 is 6.02 Å². The second-order valence-electron chi connectivity index (χ2n) is 3.74. The second-order valence-corrected chi connectivity index (χ2v) is 3.74. The lowest BCUT2D eigenvalue weighted by Gasteiger charge is -2.06. The maximum atomic E-state index is 5.53. The lowest BCUT2D eigenvalue weighted by molar-refractivity contribution is 0.115. The first-order valence-corrected chi connectivity index (χ1v) is 5.42. The minimum Gasteiger partial charge on any atom is -0.463 e. The largest absolute Gasteiger partial charge is 0.463 e. The van der Waals surface area contributed by atoms with Crippen molar-refractivity contribution in [2.24, 2.45) is 10.7 Å². The number of rotatable bonds is 5. The number of ether oxygens (including phenoxy) is 2. The van der Waals surface area contributed by atoms with E-state index in [9.17, 15) is 0 Å². The SMILES string of the molecule is NC1=N[C@@H](COCCc2ccccc2)CO1. The van der Waals surface area contributed by atoms with Gasteiger partial charge in [-0.2, -0.15) is 0 Å². The second kappa shape index (κ2) is 5.51. The summed E-state index contributed by atoms with van der Waals surface area (Å²) in [5.41, 5.74) is 6.68. The summed E-state index contributed by atoms with van der Waals surface area (Å²) in [6.45, 7) is 1.82. The average molecular weight is 220 g/mol. The van der Waals surface area contributed by atoms with Gasteiger partial charge in [-0.1, -0.05) is 30.3 Å². The molecule has 1 atom stereocenters. The van der Waals surface area contributed by atoms with Gasteiger partial charge in [0.05, 0.1) is 13.2 Å². The van der Waals surface area contributed by atoms with Crippen molar-refractivity contribution in [2.75, 3.05) is 19.8 Å². The molecule has 0 fully saturated rings. The fourth-order valence-electron chi connectivity index (χ4n) is 1.58. The summed E-state index contributed by atoms with van der Waals surface area (Å²) in [6, 6.07) is 10.6. The first-order valence-electron chi connectivity index (χ1n) is 5.42. The molecule has 0 spiro atoms. The zero-order chi connectivity index (χ0) is 11.2. The van der Waals surface area contributed by atoms with Gasteiger partial charge in [-0.15, -0.1) is 0 Å². The summed E-state index contributed by atoms with van der Waals surface area (Å²) < 4.78 is 10.6. The Balaban J connectivity index is 1.62. The summed E-state index contributed by atoms with van der Waals surface area (Å²) in [5.74, 6) is 0. The molecule has 0 aromatic heterocycles. The number of hydrogen-bond donors (Lipinski definition) is 1. The number of hydrogen-bond acceptors (Lipinski definition) is 4. The first kappa shape index (κ1) is 11.0. The Kier molecular flexibility index (Phi) is 3.77. The van der Waals surface area contributed by atoms with E-state index < -0.39 is 0 Å². The lowest BCUT2D eigenvalue weighted by Crippen LogP contribution is -2.16. The Hall–Kier alpha value is -1.55. The topological polar surface area (TPSA) is 56.8 Å². The van der Waals surface area contributed by atoms with Crippen LogP contribution >= 0.6 is 0 Å². The van der Waals surface area contributed by atoms with Gasteiger partial charge in [0, 0.05) is 0 Å². The van der Waals surface area contributed by atoms with Crippen molar-refractivity contribution in [3.05, 3.63) is 35.9 Å². The van der Waals surface area contributed by atoms with E-state index in [1.54, 1.807) is 0 Å². The smallest absolute Gasteiger partial charge is 0.282 e. The van der Waals surface area contributed by atoms with Crippen molar-refractivity contribution in [1.82, 2.24) is 0 Å². The van der Waals surface area contributed by atoms with Crippen LogP contribution in [0, 0.1) is 0 Å². The van der Waals surface area contributed by atoms with Crippen molar-refractivity contribution in [3.8, 4) is 0 Å². The number of nitrogens with zero attached hydrogens (tertiary/aromatic N) is 1. The highest BCUT2D eigenvalue weighted by Gasteiger charge is 2.16. The number of benzene rings is 1. The Bertz CT molecular complexity index is 351. The van der Waals surface area contributed by atoms with E-state index in [4.69, 9.17) is 15.2 Å². The van der Waals surface area contributed by atoms with Crippen molar-refractivity contribution in [3.63, 3.8) is 0 Å². The van der Waals surface area contributed by atoms with Crippen molar-refractivity contribution in [1.29, 1.82) is 0 Å². The van der Waals surface area contributed by atoms with Crippen LogP contribution in [0.3, 0.4) is 0 Å². The zero-order valence-corrected chi connectivity index (χ0v) is 9.13. The zero-order valence-electron chi connectivity index (χ0n) is 9.13. The van der Waals surface area contributed by atoms with Gasteiger partial charge in [0.1, 0.15) is 12.6 Å². The molecule has 0 bridgehead atoms. The molecule has 4 heteroatoms. The molecule has 0 unspecified atom stereocenters. The van der Waals surface area contributed by atoms with Crippen LogP contribution in [0.2, 0.25) is 0 Å². The van der Waals surface area contributed by atoms with Gasteiger partial charge in [-0.25, -0.2) is 4.99 Å². The van der Waals surface area contributed by atoms with E-state index in [1.807, 2.05) is 18.2 Å². The Morgan fingerprint density at radius 1 is 1.38 bits per heavy atom. The van der Waals surface area contributed by atoms with Crippen LogP contribution in [0.4, 0.5) is 0 Å². The van der Waals surface area contributed by atoms with Crippen molar-refractivity contribution < 1.29 is 9.47 Å². The molecular weight excluding hydrogens is 204 g/mol. The lowest BCUT2D eigenvalue weighted by atomic mass is 10.2. The molecule has 2 N–H and O–H groups in total. The molecule has 0 radical (unpaired) electrons. The predicted molar refractivity (Wildman–Crippen MR) is 62.3 cm³/mol. The third-order valence-electron chi connectivity index (χ3n) is 2.42. The highest BCUT2D eigenvalue weighted by atomic mass is 16.5. The summed E-state index contributed by atoms with van der Waals surface area (Å²) in [5, 5.41) is 0. The molecule has 4 nitrogen and oxygen atoms in total. The van der Waals surface area contributed by atoms with Gasteiger partial charge in [0.25, 0.3) is 6.02 Å². The monoisotopic (exact) mass is 220 g/mol. The minimum atomic E-state index is 0.0655. The molecule has 0 saturated heterocycles. The highest BCUT2D eigenvalue weighted by Crippen LogP contribution is 2.03. The molecule has 16 heavy (non-hydrogen) atoms. The van der Waals surface area contributed by atoms with Crippen LogP contribution in [-0.2, 0) is 15.9 Å². The summed E-state index contributed by atoms with van der Waals surface area (Å²) in [6.07, 6.45) is 0.924. The molecule has 1 aromatic rings. The maximum absolute atomic E-state index is 5.53. The van der Waals surface area contributed by atoms with E-state index in [0.29, 0.717) is 19.8 Å². The summed E-state index contributed by atoms with van der Waals surface area (Å²) in [7, 11) is 0.